The number of hydrogen-bond acceptors (Lipinski definition) is 5. The summed E-state index contributed by atoms with van der Waals surface area (Å²) in [5.74, 6) is -0.156. The van der Waals surface area contributed by atoms with Gasteiger partial charge < -0.3 is 13.9 Å². The average Bonchev–Trinajstić information content (AvgIpc) is 3.31. The van der Waals surface area contributed by atoms with Gasteiger partial charge in [-0.25, -0.2) is 23.7 Å². The van der Waals surface area contributed by atoms with Gasteiger partial charge in [-0.1, -0.05) is 6.07 Å². The van der Waals surface area contributed by atoms with E-state index in [9.17, 15) is 8.78 Å². The quantitative estimate of drug-likeness (QED) is 0.454. The molecule has 0 saturated carbocycles. The highest BCUT2D eigenvalue weighted by Gasteiger charge is 2.17. The maximum Gasteiger partial charge on any atom is 0.241 e. The topological polar surface area (TPSA) is 70.7 Å². The molecule has 0 atom stereocenters. The molecule has 0 spiro atoms. The molecule has 0 bridgehead atoms. The van der Waals surface area contributed by atoms with E-state index in [1.54, 1.807) is 24.8 Å². The zero-order chi connectivity index (χ0) is 20.8. The summed E-state index contributed by atoms with van der Waals surface area (Å²) in [4.78, 5) is 17.3. The molecule has 0 saturated heterocycles. The number of ether oxygens (including phenoxy) is 1. The Hall–Kier alpha value is -3.88. The molecule has 0 unspecified atom stereocenters. The van der Waals surface area contributed by atoms with Gasteiger partial charge in [0.2, 0.25) is 5.88 Å². The fourth-order valence-corrected chi connectivity index (χ4v) is 3.59. The number of aromatic nitrogens is 6. The van der Waals surface area contributed by atoms with E-state index in [0.717, 1.165) is 11.2 Å². The molecule has 1 aromatic carbocycles. The largest absolute Gasteiger partial charge is 0.479 e. The number of halogens is 2. The van der Waals surface area contributed by atoms with Crippen LogP contribution in [0.25, 0.3) is 27.9 Å². The number of benzene rings is 1. The van der Waals surface area contributed by atoms with Crippen LogP contribution in [-0.2, 0) is 6.54 Å². The van der Waals surface area contributed by atoms with E-state index in [1.165, 1.54) is 24.5 Å². The number of rotatable bonds is 4. The lowest BCUT2D eigenvalue weighted by molar-refractivity contribution is 0.401. The molecule has 7 nitrogen and oxygen atoms in total. The van der Waals surface area contributed by atoms with E-state index in [1.807, 2.05) is 22.9 Å². The minimum Gasteiger partial charge on any atom is -0.479 e. The molecule has 0 aliphatic rings. The highest BCUT2D eigenvalue weighted by Crippen LogP contribution is 2.27. The van der Waals surface area contributed by atoms with Crippen molar-refractivity contribution >= 4 is 22.2 Å². The lowest BCUT2D eigenvalue weighted by Crippen LogP contribution is -2.07. The van der Waals surface area contributed by atoms with Gasteiger partial charge in [0.25, 0.3) is 0 Å². The third kappa shape index (κ3) is 2.78. The molecule has 4 heterocycles. The lowest BCUT2D eigenvalue weighted by Gasteiger charge is -2.11. The zero-order valence-corrected chi connectivity index (χ0v) is 16.2. The summed E-state index contributed by atoms with van der Waals surface area (Å²) in [6, 6.07) is 7.55. The number of hydrogen-bond donors (Lipinski definition) is 0. The standard InChI is InChI=1S/C21H16F2N6O/c1-12-27-20-18(29(12)10-14-15(22)4-3-5-16(14)23)8-13(9-24-20)28-7-6-17-19(28)21(30-2)26-11-25-17/h3-9,11H,10H2,1-2H3. The van der Waals surface area contributed by atoms with Crippen molar-refractivity contribution in [3.63, 3.8) is 0 Å². The van der Waals surface area contributed by atoms with Gasteiger partial charge in [-0.3, -0.25) is 0 Å². The van der Waals surface area contributed by atoms with Gasteiger partial charge >= 0.3 is 0 Å². The van der Waals surface area contributed by atoms with Crippen molar-refractivity contribution < 1.29 is 13.5 Å². The summed E-state index contributed by atoms with van der Waals surface area (Å²) >= 11 is 0. The molecular weight excluding hydrogens is 390 g/mol. The maximum atomic E-state index is 14.2. The normalized spacial score (nSPS) is 11.5. The summed E-state index contributed by atoms with van der Waals surface area (Å²) in [5.41, 5.74) is 3.27. The molecule has 4 aromatic heterocycles. The molecule has 5 aromatic rings. The van der Waals surface area contributed by atoms with Crippen LogP contribution in [0.3, 0.4) is 0 Å². The minimum atomic E-state index is -0.598. The monoisotopic (exact) mass is 406 g/mol. The molecule has 0 N–H and O–H groups in total. The molecule has 0 radical (unpaired) electrons. The fraction of sp³-hybridized carbons (Fsp3) is 0.143. The van der Waals surface area contributed by atoms with Crippen LogP contribution in [0.4, 0.5) is 8.78 Å². The van der Waals surface area contributed by atoms with Crippen molar-refractivity contribution in [3.8, 4) is 11.6 Å². The Kier molecular flexibility index (Phi) is 4.16. The average molecular weight is 406 g/mol. The van der Waals surface area contributed by atoms with Gasteiger partial charge in [-0.2, -0.15) is 4.98 Å². The third-order valence-corrected chi connectivity index (χ3v) is 5.07. The Bertz CT molecular complexity index is 1390. The predicted molar refractivity (Wildman–Crippen MR) is 107 cm³/mol. The first kappa shape index (κ1) is 18.2. The van der Waals surface area contributed by atoms with Crippen LogP contribution >= 0.6 is 0 Å². The Labute approximate surface area is 169 Å². The van der Waals surface area contributed by atoms with Crippen LogP contribution in [0, 0.1) is 18.6 Å². The van der Waals surface area contributed by atoms with E-state index < -0.39 is 11.6 Å². The van der Waals surface area contributed by atoms with E-state index in [4.69, 9.17) is 4.74 Å². The van der Waals surface area contributed by atoms with Gasteiger partial charge in [-0.05, 0) is 31.2 Å². The van der Waals surface area contributed by atoms with E-state index in [0.29, 0.717) is 28.4 Å². The first-order valence-corrected chi connectivity index (χ1v) is 9.19. The minimum absolute atomic E-state index is 0.00479. The smallest absolute Gasteiger partial charge is 0.241 e. The van der Waals surface area contributed by atoms with Gasteiger partial charge in [0.1, 0.15) is 29.3 Å². The summed E-state index contributed by atoms with van der Waals surface area (Å²) in [6.07, 6.45) is 4.96. The van der Waals surface area contributed by atoms with E-state index in [2.05, 4.69) is 19.9 Å². The molecule has 0 amide bonds. The van der Waals surface area contributed by atoms with Crippen LogP contribution in [0.1, 0.15) is 11.4 Å². The van der Waals surface area contributed by atoms with E-state index >= 15 is 0 Å². The van der Waals surface area contributed by atoms with Crippen LogP contribution < -0.4 is 4.74 Å². The van der Waals surface area contributed by atoms with Crippen LogP contribution in [0.2, 0.25) is 0 Å². The molecule has 150 valence electrons. The van der Waals surface area contributed by atoms with Crippen molar-refractivity contribution in [2.24, 2.45) is 0 Å². The van der Waals surface area contributed by atoms with Crippen molar-refractivity contribution in [3.05, 3.63) is 72.1 Å². The second kappa shape index (κ2) is 6.87. The van der Waals surface area contributed by atoms with Crippen molar-refractivity contribution in [2.75, 3.05) is 7.11 Å². The highest BCUT2D eigenvalue weighted by atomic mass is 19.1. The van der Waals surface area contributed by atoms with Gasteiger partial charge in [0, 0.05) is 11.8 Å². The molecular formula is C21H16F2N6O. The Balaban J connectivity index is 1.68. The number of methoxy groups -OCH3 is 1. The number of imidazole rings is 1. The summed E-state index contributed by atoms with van der Waals surface area (Å²) < 4.78 is 37.4. The second-order valence-corrected chi connectivity index (χ2v) is 6.78. The number of fused-ring (bicyclic) bond motifs is 2. The van der Waals surface area contributed by atoms with Crippen molar-refractivity contribution in [1.82, 2.24) is 29.1 Å². The van der Waals surface area contributed by atoms with Gasteiger partial charge in [0.05, 0.1) is 36.6 Å². The Morgan fingerprint density at radius 1 is 1.07 bits per heavy atom. The fourth-order valence-electron chi connectivity index (χ4n) is 3.59. The van der Waals surface area contributed by atoms with E-state index in [-0.39, 0.29) is 12.1 Å². The Morgan fingerprint density at radius 3 is 2.63 bits per heavy atom. The lowest BCUT2D eigenvalue weighted by atomic mass is 10.2. The van der Waals surface area contributed by atoms with Crippen molar-refractivity contribution in [1.29, 1.82) is 0 Å². The SMILES string of the molecule is COc1ncnc2ccn(-c3cnc4nc(C)n(Cc5c(F)cccc5F)c4c3)c12. The third-order valence-electron chi connectivity index (χ3n) is 5.07. The zero-order valence-electron chi connectivity index (χ0n) is 16.2. The van der Waals surface area contributed by atoms with Crippen molar-refractivity contribution in [2.45, 2.75) is 13.5 Å². The summed E-state index contributed by atoms with van der Waals surface area (Å²) in [6.45, 7) is 1.78. The van der Waals surface area contributed by atoms with Crippen LogP contribution in [-0.4, -0.2) is 36.2 Å². The Morgan fingerprint density at radius 2 is 1.87 bits per heavy atom. The van der Waals surface area contributed by atoms with Crippen LogP contribution in [0.5, 0.6) is 5.88 Å². The van der Waals surface area contributed by atoms with Crippen LogP contribution in [0.15, 0.2) is 49.1 Å². The van der Waals surface area contributed by atoms with Gasteiger partial charge in [-0.15, -0.1) is 0 Å². The summed E-state index contributed by atoms with van der Waals surface area (Å²) in [7, 11) is 1.54. The highest BCUT2D eigenvalue weighted by molar-refractivity contribution is 5.83. The molecule has 0 aliphatic heterocycles. The maximum absolute atomic E-state index is 14.2. The predicted octanol–water partition coefficient (Wildman–Crippen LogP) is 3.81. The summed E-state index contributed by atoms with van der Waals surface area (Å²) in [5, 5.41) is 0. The number of nitrogens with zero attached hydrogens (tertiary/aromatic N) is 6. The molecule has 9 heteroatoms. The molecule has 0 fully saturated rings. The number of aryl methyl sites for hydroxylation is 1. The number of pyridine rings is 1. The molecule has 0 aliphatic carbocycles. The first-order chi connectivity index (χ1) is 14.6. The molecule has 30 heavy (non-hydrogen) atoms. The first-order valence-electron chi connectivity index (χ1n) is 9.19. The second-order valence-electron chi connectivity index (χ2n) is 6.78. The van der Waals surface area contributed by atoms with Gasteiger partial charge in [0.15, 0.2) is 5.65 Å². The molecule has 5 rings (SSSR count).